The largest absolute Gasteiger partial charge is 0.508 e. The third-order valence-corrected chi connectivity index (χ3v) is 9.18. The minimum absolute atomic E-state index is 0.0607. The zero-order valence-corrected chi connectivity index (χ0v) is 29.4. The van der Waals surface area contributed by atoms with Gasteiger partial charge in [-0.3, -0.25) is 38.7 Å². The van der Waals surface area contributed by atoms with Gasteiger partial charge < -0.3 is 31.1 Å². The van der Waals surface area contributed by atoms with Crippen molar-refractivity contribution in [1.82, 2.24) is 35.6 Å². The third-order valence-electron chi connectivity index (χ3n) is 9.18. The van der Waals surface area contributed by atoms with E-state index in [9.17, 15) is 39.0 Å². The van der Waals surface area contributed by atoms with Gasteiger partial charge in [-0.25, -0.2) is 0 Å². The molecule has 6 N–H and O–H groups in total. The van der Waals surface area contributed by atoms with Gasteiger partial charge in [0.2, 0.25) is 23.5 Å². The van der Waals surface area contributed by atoms with Crippen molar-refractivity contribution in [3.8, 4) is 28.6 Å². The molecule has 2 aliphatic rings. The summed E-state index contributed by atoms with van der Waals surface area (Å²) in [5.41, 5.74) is 2.58. The maximum atomic E-state index is 13.3. The van der Waals surface area contributed by atoms with E-state index in [2.05, 4.69) is 31.5 Å². The first-order valence-corrected chi connectivity index (χ1v) is 17.1. The summed E-state index contributed by atoms with van der Waals surface area (Å²) in [4.78, 5) is 78.2. The zero-order chi connectivity index (χ0) is 38.1. The first kappa shape index (κ1) is 36.2. The number of carbonyl (C=O) groups excluding carboxylic acids is 6. The van der Waals surface area contributed by atoms with E-state index in [1.807, 2.05) is 13.8 Å². The Kier molecular flexibility index (Phi) is 9.96. The fourth-order valence-corrected chi connectivity index (χ4v) is 6.38. The van der Waals surface area contributed by atoms with Crippen LogP contribution in [0.25, 0.3) is 17.1 Å². The van der Waals surface area contributed by atoms with Crippen LogP contribution in [0.15, 0.2) is 54.6 Å². The maximum absolute atomic E-state index is 13.3. The SMILES string of the molecule is CCNC(=O)c1nnc(-c2cc(C(C)C)c(O)cc2O)n1-c1ccc(C(=O)N[C@@H](C)C(=O)Nc2cccc3c2CN(C2CCC(=O)NC2=O)C3=O)cc1. The van der Waals surface area contributed by atoms with Crippen LogP contribution in [0.5, 0.6) is 11.5 Å². The number of nitrogens with one attached hydrogen (secondary N) is 4. The van der Waals surface area contributed by atoms with Gasteiger partial charge in [-0.05, 0) is 74.2 Å². The van der Waals surface area contributed by atoms with Gasteiger partial charge in [0, 0.05) is 53.6 Å². The second kappa shape index (κ2) is 14.6. The molecule has 1 fully saturated rings. The molecule has 1 aromatic heterocycles. The highest BCUT2D eigenvalue weighted by atomic mass is 16.3. The van der Waals surface area contributed by atoms with E-state index in [0.717, 1.165) is 0 Å². The summed E-state index contributed by atoms with van der Waals surface area (Å²) < 4.78 is 1.43. The maximum Gasteiger partial charge on any atom is 0.289 e. The van der Waals surface area contributed by atoms with Crippen molar-refractivity contribution in [3.05, 3.63) is 82.7 Å². The lowest BCUT2D eigenvalue weighted by Gasteiger charge is -2.29. The van der Waals surface area contributed by atoms with Crippen molar-refractivity contribution in [2.45, 2.75) is 65.1 Å². The number of aromatic hydroxyl groups is 2. The van der Waals surface area contributed by atoms with E-state index < -0.39 is 41.6 Å². The number of carbonyl (C=O) groups is 6. The Morgan fingerprint density at radius 3 is 2.36 bits per heavy atom. The molecule has 6 rings (SSSR count). The quantitative estimate of drug-likeness (QED) is 0.131. The van der Waals surface area contributed by atoms with Crippen LogP contribution in [0.2, 0.25) is 0 Å². The molecule has 16 nitrogen and oxygen atoms in total. The summed E-state index contributed by atoms with van der Waals surface area (Å²) in [7, 11) is 0. The van der Waals surface area contributed by atoms with Gasteiger partial charge in [0.15, 0.2) is 5.82 Å². The molecule has 0 saturated carbocycles. The van der Waals surface area contributed by atoms with Crippen molar-refractivity contribution in [2.24, 2.45) is 0 Å². The van der Waals surface area contributed by atoms with Crippen molar-refractivity contribution in [2.75, 3.05) is 11.9 Å². The highest BCUT2D eigenvalue weighted by Crippen LogP contribution is 2.38. The van der Waals surface area contributed by atoms with Crippen LogP contribution in [0, 0.1) is 0 Å². The number of rotatable bonds is 10. The van der Waals surface area contributed by atoms with E-state index >= 15 is 0 Å². The van der Waals surface area contributed by atoms with Crippen LogP contribution in [-0.2, 0) is 20.9 Å². The molecule has 0 aliphatic carbocycles. The molecule has 274 valence electrons. The first-order chi connectivity index (χ1) is 25.3. The second-order valence-corrected chi connectivity index (χ2v) is 13.1. The highest BCUT2D eigenvalue weighted by Gasteiger charge is 2.40. The Hall–Kier alpha value is -6.58. The third kappa shape index (κ3) is 7.02. The molecule has 0 bridgehead atoms. The zero-order valence-electron chi connectivity index (χ0n) is 29.4. The van der Waals surface area contributed by atoms with Crippen LogP contribution in [-0.4, -0.2) is 83.9 Å². The Morgan fingerprint density at radius 2 is 1.68 bits per heavy atom. The molecule has 2 atom stereocenters. The number of hydrogen-bond donors (Lipinski definition) is 6. The number of phenols is 2. The van der Waals surface area contributed by atoms with E-state index in [0.29, 0.717) is 34.6 Å². The average molecular weight is 723 g/mol. The fraction of sp³-hybridized carbons (Fsp3) is 0.297. The van der Waals surface area contributed by atoms with Crippen molar-refractivity contribution in [3.63, 3.8) is 0 Å². The molecule has 3 aromatic carbocycles. The number of benzene rings is 3. The Labute approximate surface area is 303 Å². The Bertz CT molecular complexity index is 2160. The molecular formula is C37H38N8O8. The Balaban J connectivity index is 1.19. The summed E-state index contributed by atoms with van der Waals surface area (Å²) >= 11 is 0. The number of aromatic nitrogens is 3. The Morgan fingerprint density at radius 1 is 0.943 bits per heavy atom. The number of anilines is 1. The number of phenolic OH excluding ortho intramolecular Hbond substituents is 2. The summed E-state index contributed by atoms with van der Waals surface area (Å²) in [6.45, 7) is 7.39. The molecule has 3 heterocycles. The van der Waals surface area contributed by atoms with Gasteiger partial charge in [0.05, 0.1) is 5.56 Å². The monoisotopic (exact) mass is 722 g/mol. The number of hydrogen-bond acceptors (Lipinski definition) is 10. The minimum atomic E-state index is -1.01. The van der Waals surface area contributed by atoms with Crippen LogP contribution in [0.4, 0.5) is 5.69 Å². The molecule has 4 aromatic rings. The first-order valence-electron chi connectivity index (χ1n) is 17.1. The standard InChI is InChI=1S/C37H38N8O8/c1-5-38-36(52)32-43-42-31(24-15-23(18(2)3)28(46)16-29(24)47)45(32)21-11-9-20(10-12-21)34(50)39-19(4)33(49)40-26-8-6-7-22-25(26)17-44(37(22)53)27-13-14-30(48)41-35(27)51/h6-12,15-16,18-19,27,46-47H,5,13-14,17H2,1-4H3,(H,38,52)(H,39,50)(H,40,49)(H,41,48,51)/t19-,27?/m0/s1. The lowest BCUT2D eigenvalue weighted by Crippen LogP contribution is -2.52. The number of nitrogens with zero attached hydrogens (tertiary/aromatic N) is 4. The van der Waals surface area contributed by atoms with Crippen LogP contribution in [0.3, 0.4) is 0 Å². The molecule has 16 heteroatoms. The van der Waals surface area contributed by atoms with Gasteiger partial charge in [-0.15, -0.1) is 10.2 Å². The molecule has 1 unspecified atom stereocenters. The van der Waals surface area contributed by atoms with Crippen molar-refractivity contribution < 1.29 is 39.0 Å². The highest BCUT2D eigenvalue weighted by molar-refractivity contribution is 6.07. The fourth-order valence-electron chi connectivity index (χ4n) is 6.38. The molecule has 53 heavy (non-hydrogen) atoms. The van der Waals surface area contributed by atoms with Gasteiger partial charge in [-0.2, -0.15) is 0 Å². The average Bonchev–Trinajstić information content (AvgIpc) is 3.70. The van der Waals surface area contributed by atoms with Crippen LogP contribution >= 0.6 is 0 Å². The number of fused-ring (bicyclic) bond motifs is 1. The van der Waals surface area contributed by atoms with Crippen LogP contribution in [0.1, 0.15) is 88.9 Å². The van der Waals surface area contributed by atoms with Gasteiger partial charge >= 0.3 is 0 Å². The van der Waals surface area contributed by atoms with E-state index in [1.54, 1.807) is 43.3 Å². The van der Waals surface area contributed by atoms with Gasteiger partial charge in [-0.1, -0.05) is 19.9 Å². The lowest BCUT2D eigenvalue weighted by molar-refractivity contribution is -0.137. The molecule has 0 radical (unpaired) electrons. The summed E-state index contributed by atoms with van der Waals surface area (Å²) in [6, 6.07) is 11.9. The normalized spacial score (nSPS) is 15.9. The van der Waals surface area contributed by atoms with Crippen molar-refractivity contribution >= 4 is 41.1 Å². The smallest absolute Gasteiger partial charge is 0.289 e. The minimum Gasteiger partial charge on any atom is -0.508 e. The van der Waals surface area contributed by atoms with E-state index in [1.165, 1.54) is 34.6 Å². The molecule has 0 spiro atoms. The van der Waals surface area contributed by atoms with Gasteiger partial charge in [0.25, 0.3) is 17.7 Å². The van der Waals surface area contributed by atoms with Crippen molar-refractivity contribution in [1.29, 1.82) is 0 Å². The topological polar surface area (TPSA) is 225 Å². The van der Waals surface area contributed by atoms with E-state index in [4.69, 9.17) is 0 Å². The predicted molar refractivity (Wildman–Crippen MR) is 190 cm³/mol. The predicted octanol–water partition coefficient (Wildman–Crippen LogP) is 2.74. The number of piperidine rings is 1. The number of amides is 6. The molecular weight excluding hydrogens is 684 g/mol. The lowest BCUT2D eigenvalue weighted by atomic mass is 9.98. The van der Waals surface area contributed by atoms with E-state index in [-0.39, 0.29) is 65.5 Å². The molecule has 2 aliphatic heterocycles. The van der Waals surface area contributed by atoms with Gasteiger partial charge in [0.1, 0.15) is 23.6 Å². The summed E-state index contributed by atoms with van der Waals surface area (Å²) in [5, 5.41) is 39.9. The molecule has 6 amide bonds. The summed E-state index contributed by atoms with van der Waals surface area (Å²) in [6.07, 6.45) is 0.315. The number of imide groups is 1. The second-order valence-electron chi connectivity index (χ2n) is 13.1. The molecule has 1 saturated heterocycles. The van der Waals surface area contributed by atoms with Crippen LogP contribution < -0.4 is 21.3 Å². The summed E-state index contributed by atoms with van der Waals surface area (Å²) in [5.74, 6) is -3.36.